The molecular weight excluding hydrogens is 304 g/mol. The average molecular weight is 326 g/mol. The van der Waals surface area contributed by atoms with Crippen molar-refractivity contribution in [3.8, 4) is 0 Å². The van der Waals surface area contributed by atoms with Crippen molar-refractivity contribution < 1.29 is 31.8 Å². The first kappa shape index (κ1) is 17.7. The molecule has 0 aliphatic carbocycles. The summed E-state index contributed by atoms with van der Waals surface area (Å²) in [6.07, 6.45) is -3.67. The first-order valence-electron chi connectivity index (χ1n) is 7.69. The van der Waals surface area contributed by atoms with Gasteiger partial charge in [-0.2, -0.15) is 13.2 Å². The van der Waals surface area contributed by atoms with Crippen molar-refractivity contribution in [1.82, 2.24) is 0 Å². The molecule has 0 spiro atoms. The van der Waals surface area contributed by atoms with E-state index in [0.717, 1.165) is 12.8 Å². The van der Waals surface area contributed by atoms with Crippen LogP contribution in [-0.4, -0.2) is 38.4 Å². The topological polar surface area (TPSA) is 27.7 Å². The van der Waals surface area contributed by atoms with E-state index >= 15 is 0 Å². The van der Waals surface area contributed by atoms with Crippen LogP contribution in [0.25, 0.3) is 0 Å². The van der Waals surface area contributed by atoms with Crippen LogP contribution < -0.4 is 0 Å². The Bertz CT molecular complexity index is 367. The highest BCUT2D eigenvalue weighted by Crippen LogP contribution is 2.32. The molecule has 2 atom stereocenters. The quantitative estimate of drug-likeness (QED) is 0.731. The fourth-order valence-corrected chi connectivity index (χ4v) is 2.86. The van der Waals surface area contributed by atoms with Crippen LogP contribution in [0.2, 0.25) is 0 Å². The maximum absolute atomic E-state index is 13.4. The summed E-state index contributed by atoms with van der Waals surface area (Å²) in [5, 5.41) is 0. The smallest absolute Gasteiger partial charge is 0.371 e. The van der Waals surface area contributed by atoms with Gasteiger partial charge >= 0.3 is 6.18 Å². The van der Waals surface area contributed by atoms with Crippen molar-refractivity contribution in [3.05, 3.63) is 11.9 Å². The molecule has 0 bridgehead atoms. The third kappa shape index (κ3) is 5.21. The third-order valence-corrected chi connectivity index (χ3v) is 3.99. The Labute approximate surface area is 127 Å². The number of halogens is 4. The Balaban J connectivity index is 1.77. The summed E-state index contributed by atoms with van der Waals surface area (Å²) in [4.78, 5) is 0. The van der Waals surface area contributed by atoms with E-state index in [0.29, 0.717) is 25.6 Å². The molecule has 0 aromatic heterocycles. The summed E-state index contributed by atoms with van der Waals surface area (Å²) in [7, 11) is 0. The summed E-state index contributed by atoms with van der Waals surface area (Å²) < 4.78 is 66.4. The van der Waals surface area contributed by atoms with Gasteiger partial charge in [0.25, 0.3) is 0 Å². The summed E-state index contributed by atoms with van der Waals surface area (Å²) in [6.45, 7) is 3.50. The number of hydrogen-bond acceptors (Lipinski definition) is 3. The first-order valence-corrected chi connectivity index (χ1v) is 7.69. The van der Waals surface area contributed by atoms with E-state index in [9.17, 15) is 17.6 Å². The van der Waals surface area contributed by atoms with Crippen LogP contribution in [0.4, 0.5) is 17.6 Å². The van der Waals surface area contributed by atoms with Crippen LogP contribution in [0.15, 0.2) is 11.9 Å². The molecule has 7 heteroatoms. The van der Waals surface area contributed by atoms with Gasteiger partial charge in [0.15, 0.2) is 6.29 Å². The van der Waals surface area contributed by atoms with Gasteiger partial charge in [0, 0.05) is 11.8 Å². The molecule has 2 unspecified atom stereocenters. The minimum absolute atomic E-state index is 0.0579. The zero-order valence-corrected chi connectivity index (χ0v) is 12.6. The summed E-state index contributed by atoms with van der Waals surface area (Å²) in [6, 6.07) is 0. The molecule has 0 radical (unpaired) electrons. The maximum Gasteiger partial charge on any atom is 0.412 e. The molecule has 128 valence electrons. The van der Waals surface area contributed by atoms with Gasteiger partial charge in [-0.05, 0) is 19.3 Å². The molecule has 0 amide bonds. The predicted molar refractivity (Wildman–Crippen MR) is 71.8 cm³/mol. The number of alkyl halides is 3. The Morgan fingerprint density at radius 3 is 2.27 bits per heavy atom. The average Bonchev–Trinajstić information content (AvgIpc) is 2.47. The molecule has 2 heterocycles. The molecule has 2 fully saturated rings. The van der Waals surface area contributed by atoms with Crippen molar-refractivity contribution in [1.29, 1.82) is 0 Å². The third-order valence-electron chi connectivity index (χ3n) is 3.99. The molecule has 0 aromatic rings. The lowest BCUT2D eigenvalue weighted by molar-refractivity contribution is -0.240. The second-order valence-electron chi connectivity index (χ2n) is 5.92. The van der Waals surface area contributed by atoms with Crippen LogP contribution >= 0.6 is 0 Å². The zero-order chi connectivity index (χ0) is 16.2. The van der Waals surface area contributed by atoms with Crippen molar-refractivity contribution in [2.75, 3.05) is 19.8 Å². The van der Waals surface area contributed by atoms with Crippen LogP contribution in [0.3, 0.4) is 0 Å². The fourth-order valence-electron chi connectivity index (χ4n) is 2.86. The zero-order valence-electron chi connectivity index (χ0n) is 12.6. The molecule has 0 aromatic carbocycles. The Morgan fingerprint density at radius 1 is 1.09 bits per heavy atom. The molecule has 2 saturated heterocycles. The van der Waals surface area contributed by atoms with Crippen molar-refractivity contribution in [2.24, 2.45) is 11.8 Å². The first-order chi connectivity index (χ1) is 10.4. The van der Waals surface area contributed by atoms with Crippen LogP contribution in [0.5, 0.6) is 0 Å². The number of rotatable bonds is 4. The van der Waals surface area contributed by atoms with Gasteiger partial charge in [-0.15, -0.1) is 0 Å². The van der Waals surface area contributed by atoms with Gasteiger partial charge in [0.1, 0.15) is 11.9 Å². The molecule has 0 saturated carbocycles. The lowest BCUT2D eigenvalue weighted by atomic mass is 9.96. The van der Waals surface area contributed by atoms with Gasteiger partial charge in [-0.3, -0.25) is 0 Å². The van der Waals surface area contributed by atoms with Gasteiger partial charge < -0.3 is 14.2 Å². The summed E-state index contributed by atoms with van der Waals surface area (Å²) in [5.41, 5.74) is 0. The van der Waals surface area contributed by atoms with Crippen molar-refractivity contribution in [3.63, 3.8) is 0 Å². The van der Waals surface area contributed by atoms with Crippen LogP contribution in [-0.2, 0) is 14.2 Å². The van der Waals surface area contributed by atoms with Crippen LogP contribution in [0.1, 0.15) is 32.6 Å². The maximum atomic E-state index is 13.4. The highest BCUT2D eigenvalue weighted by atomic mass is 19.4. The van der Waals surface area contributed by atoms with Gasteiger partial charge in [-0.1, -0.05) is 13.3 Å². The number of allylic oxidation sites excluding steroid dienone is 1. The SMILES string of the molecule is CCCC1COC(C2CCC(/C(F)=C/C(F)(F)F)OC2)OC1. The predicted octanol–water partition coefficient (Wildman–Crippen LogP) is 3.99. The Morgan fingerprint density at radius 2 is 1.77 bits per heavy atom. The van der Waals surface area contributed by atoms with Gasteiger partial charge in [-0.25, -0.2) is 4.39 Å². The summed E-state index contributed by atoms with van der Waals surface area (Å²) in [5.74, 6) is -0.928. The van der Waals surface area contributed by atoms with Gasteiger partial charge in [0.2, 0.25) is 0 Å². The Kier molecular flexibility index (Phi) is 6.23. The normalized spacial score (nSPS) is 34.7. The van der Waals surface area contributed by atoms with E-state index in [4.69, 9.17) is 14.2 Å². The van der Waals surface area contributed by atoms with E-state index in [1.165, 1.54) is 0 Å². The lowest BCUT2D eigenvalue weighted by Gasteiger charge is -2.37. The monoisotopic (exact) mass is 326 g/mol. The molecule has 2 rings (SSSR count). The van der Waals surface area contributed by atoms with Crippen molar-refractivity contribution in [2.45, 2.75) is 51.2 Å². The fraction of sp³-hybridized carbons (Fsp3) is 0.867. The van der Waals surface area contributed by atoms with E-state index in [1.807, 2.05) is 0 Å². The highest BCUT2D eigenvalue weighted by Gasteiger charge is 2.35. The highest BCUT2D eigenvalue weighted by molar-refractivity contribution is 5.04. The largest absolute Gasteiger partial charge is 0.412 e. The van der Waals surface area contributed by atoms with E-state index in [1.54, 1.807) is 0 Å². The minimum atomic E-state index is -4.66. The molecule has 3 nitrogen and oxygen atoms in total. The van der Waals surface area contributed by atoms with E-state index < -0.39 is 24.4 Å². The van der Waals surface area contributed by atoms with Crippen LogP contribution in [0, 0.1) is 11.8 Å². The summed E-state index contributed by atoms with van der Waals surface area (Å²) >= 11 is 0. The number of ether oxygens (including phenoxy) is 3. The Hall–Kier alpha value is -0.660. The lowest BCUT2D eigenvalue weighted by Crippen LogP contribution is -2.41. The van der Waals surface area contributed by atoms with Gasteiger partial charge in [0.05, 0.1) is 25.9 Å². The van der Waals surface area contributed by atoms with E-state index in [2.05, 4.69) is 6.92 Å². The standard InChI is InChI=1S/C15H22F4O3/c1-2-3-10-7-21-14(22-8-10)11-4-5-13(20-9-11)12(16)6-15(17,18)19/h6,10-11,13-14H,2-5,7-9H2,1H3/b12-6-. The second-order valence-corrected chi connectivity index (χ2v) is 5.92. The number of hydrogen-bond donors (Lipinski definition) is 0. The molecular formula is C15H22F4O3. The molecule has 0 N–H and O–H groups in total. The van der Waals surface area contributed by atoms with E-state index in [-0.39, 0.29) is 25.0 Å². The molecule has 2 aliphatic rings. The molecule has 2 aliphatic heterocycles. The second kappa shape index (κ2) is 7.75. The van der Waals surface area contributed by atoms with Crippen molar-refractivity contribution >= 4 is 0 Å². The minimum Gasteiger partial charge on any atom is -0.371 e. The molecule has 22 heavy (non-hydrogen) atoms.